The fourth-order valence-electron chi connectivity index (χ4n) is 2.17. The lowest BCUT2D eigenvalue weighted by Crippen LogP contribution is -2.37. The zero-order valence-corrected chi connectivity index (χ0v) is 14.0. The molecule has 21 heavy (non-hydrogen) atoms. The van der Waals surface area contributed by atoms with Crippen LogP contribution < -0.4 is 4.57 Å². The lowest BCUT2D eigenvalue weighted by molar-refractivity contribution is -0.655. The first-order chi connectivity index (χ1) is 9.81. The highest BCUT2D eigenvalue weighted by atomic mass is 35.5. The van der Waals surface area contributed by atoms with Crippen molar-refractivity contribution in [1.29, 1.82) is 0 Å². The molecule has 116 valence electrons. The zero-order valence-electron chi connectivity index (χ0n) is 12.4. The summed E-state index contributed by atoms with van der Waals surface area (Å²) in [4.78, 5) is 11.8. The van der Waals surface area contributed by atoms with Gasteiger partial charge in [-0.3, -0.25) is 0 Å². The maximum atomic E-state index is 11.8. The van der Waals surface area contributed by atoms with Crippen LogP contribution >= 0.6 is 23.7 Å². The largest absolute Gasteiger partial charge is 0.461 e. The second kappa shape index (κ2) is 9.74. The fourth-order valence-corrected chi connectivity index (χ4v) is 3.06. The number of thiazole rings is 1. The molecule has 1 heterocycles. The van der Waals surface area contributed by atoms with Crippen LogP contribution in [0.15, 0.2) is 29.8 Å². The van der Waals surface area contributed by atoms with Crippen molar-refractivity contribution in [3.05, 3.63) is 29.8 Å². The average Bonchev–Trinajstić information content (AvgIpc) is 2.86. The minimum absolute atomic E-state index is 0. The zero-order chi connectivity index (χ0) is 14.2. The Kier molecular flexibility index (Phi) is 8.31. The van der Waals surface area contributed by atoms with Gasteiger partial charge in [0.25, 0.3) is 0 Å². The van der Waals surface area contributed by atoms with Gasteiger partial charge in [-0.25, -0.2) is 4.79 Å². The standard InChI is InChI=1S/C16H22NO2S.ClH/c1-2-3-4-5-8-11-19-16(18)12-17-13-20-15-10-7-6-9-14(15)17;/h6-7,9-10,13H,2-5,8,11-12H2,1H3;1H/q+1;. The number of carbonyl (C=O) groups excluding carboxylic acids is 1. The van der Waals surface area contributed by atoms with E-state index in [0.29, 0.717) is 13.2 Å². The minimum Gasteiger partial charge on any atom is -0.461 e. The van der Waals surface area contributed by atoms with E-state index < -0.39 is 0 Å². The minimum atomic E-state index is -0.144. The van der Waals surface area contributed by atoms with E-state index in [1.165, 1.54) is 24.0 Å². The van der Waals surface area contributed by atoms with Crippen LogP contribution in [0.5, 0.6) is 0 Å². The van der Waals surface area contributed by atoms with Gasteiger partial charge in [-0.05, 0) is 12.5 Å². The third-order valence-electron chi connectivity index (χ3n) is 3.29. The number of unbranched alkanes of at least 4 members (excludes halogenated alkanes) is 4. The molecule has 0 saturated heterocycles. The SMILES string of the molecule is CCCCCCCOC(=O)C[n+]1csc2ccccc21.Cl. The molecular formula is C16H23ClNO2S+. The molecule has 0 fully saturated rings. The van der Waals surface area contributed by atoms with Gasteiger partial charge in [-0.1, -0.05) is 56.1 Å². The van der Waals surface area contributed by atoms with Crippen molar-refractivity contribution >= 4 is 39.9 Å². The summed E-state index contributed by atoms with van der Waals surface area (Å²) in [7, 11) is 0. The van der Waals surface area contributed by atoms with E-state index in [1.54, 1.807) is 11.3 Å². The number of carbonyl (C=O) groups is 1. The molecule has 1 aromatic carbocycles. The summed E-state index contributed by atoms with van der Waals surface area (Å²) in [5, 5.41) is 0. The van der Waals surface area contributed by atoms with Crippen molar-refractivity contribution in [3.8, 4) is 0 Å². The maximum Gasteiger partial charge on any atom is 0.372 e. The van der Waals surface area contributed by atoms with Crippen molar-refractivity contribution in [2.24, 2.45) is 0 Å². The van der Waals surface area contributed by atoms with Gasteiger partial charge in [-0.15, -0.1) is 12.4 Å². The summed E-state index contributed by atoms with van der Waals surface area (Å²) in [6.07, 6.45) is 5.86. The van der Waals surface area contributed by atoms with Crippen molar-refractivity contribution in [2.45, 2.75) is 45.6 Å². The van der Waals surface area contributed by atoms with Crippen LogP contribution in [0.2, 0.25) is 0 Å². The Morgan fingerprint density at radius 1 is 1.19 bits per heavy atom. The summed E-state index contributed by atoms with van der Waals surface area (Å²) in [6.45, 7) is 3.05. The van der Waals surface area contributed by atoms with Gasteiger partial charge in [0.05, 0.1) is 6.61 Å². The highest BCUT2D eigenvalue weighted by molar-refractivity contribution is 7.16. The molecule has 3 nitrogen and oxygen atoms in total. The number of hydrogen-bond donors (Lipinski definition) is 0. The molecule has 0 N–H and O–H groups in total. The average molecular weight is 329 g/mol. The van der Waals surface area contributed by atoms with Crippen LogP contribution in [0.3, 0.4) is 0 Å². The van der Waals surface area contributed by atoms with E-state index in [-0.39, 0.29) is 18.4 Å². The summed E-state index contributed by atoms with van der Waals surface area (Å²) >= 11 is 1.65. The molecule has 0 aliphatic heterocycles. The Hall–Kier alpha value is -1.13. The Balaban J connectivity index is 0.00000220. The van der Waals surface area contributed by atoms with Crippen molar-refractivity contribution < 1.29 is 14.1 Å². The molecule has 0 atom stereocenters. The van der Waals surface area contributed by atoms with E-state index in [0.717, 1.165) is 18.4 Å². The summed E-state index contributed by atoms with van der Waals surface area (Å²) in [6, 6.07) is 8.10. The van der Waals surface area contributed by atoms with E-state index in [9.17, 15) is 4.79 Å². The van der Waals surface area contributed by atoms with Gasteiger partial charge < -0.3 is 4.74 Å². The third-order valence-corrected chi connectivity index (χ3v) is 4.25. The predicted molar refractivity (Wildman–Crippen MR) is 89.0 cm³/mol. The van der Waals surface area contributed by atoms with E-state index in [2.05, 4.69) is 13.0 Å². The quantitative estimate of drug-likeness (QED) is 0.414. The molecule has 1 aromatic heterocycles. The molecule has 0 aliphatic rings. The molecule has 0 radical (unpaired) electrons. The molecule has 2 aromatic rings. The first-order valence-corrected chi connectivity index (χ1v) is 8.20. The van der Waals surface area contributed by atoms with E-state index in [4.69, 9.17) is 4.74 Å². The van der Waals surface area contributed by atoms with Crippen molar-refractivity contribution in [1.82, 2.24) is 0 Å². The van der Waals surface area contributed by atoms with Crippen LogP contribution in [-0.2, 0) is 16.1 Å². The monoisotopic (exact) mass is 328 g/mol. The van der Waals surface area contributed by atoms with Crippen LogP contribution in [0.1, 0.15) is 39.0 Å². The number of para-hydroxylation sites is 1. The van der Waals surface area contributed by atoms with E-state index in [1.807, 2.05) is 28.3 Å². The molecule has 2 rings (SSSR count). The number of ether oxygens (including phenoxy) is 1. The molecular weight excluding hydrogens is 306 g/mol. The molecule has 0 saturated carbocycles. The summed E-state index contributed by atoms with van der Waals surface area (Å²) < 4.78 is 8.44. The fraction of sp³-hybridized carbons (Fsp3) is 0.500. The predicted octanol–water partition coefficient (Wildman–Crippen LogP) is 4.12. The van der Waals surface area contributed by atoms with Crippen LogP contribution in [-0.4, -0.2) is 12.6 Å². The Labute approximate surface area is 136 Å². The number of aromatic nitrogens is 1. The topological polar surface area (TPSA) is 30.2 Å². The van der Waals surface area contributed by atoms with Crippen LogP contribution in [0.25, 0.3) is 10.2 Å². The van der Waals surface area contributed by atoms with Crippen molar-refractivity contribution in [2.75, 3.05) is 6.61 Å². The molecule has 5 heteroatoms. The highest BCUT2D eigenvalue weighted by Crippen LogP contribution is 2.14. The number of hydrogen-bond acceptors (Lipinski definition) is 3. The van der Waals surface area contributed by atoms with Gasteiger partial charge >= 0.3 is 5.97 Å². The third kappa shape index (κ3) is 5.64. The summed E-state index contributed by atoms with van der Waals surface area (Å²) in [5.41, 5.74) is 3.07. The number of nitrogens with zero attached hydrogens (tertiary/aromatic N) is 1. The van der Waals surface area contributed by atoms with E-state index >= 15 is 0 Å². The Morgan fingerprint density at radius 2 is 1.95 bits per heavy atom. The maximum absolute atomic E-state index is 11.8. The molecule has 0 aliphatic carbocycles. The normalized spacial score (nSPS) is 10.3. The number of esters is 1. The van der Waals surface area contributed by atoms with Gasteiger partial charge in [0.2, 0.25) is 17.6 Å². The first kappa shape index (κ1) is 17.9. The highest BCUT2D eigenvalue weighted by Gasteiger charge is 2.16. The number of rotatable bonds is 8. The Bertz CT molecular complexity index is 556. The summed E-state index contributed by atoms with van der Waals surface area (Å²) in [5.74, 6) is -0.144. The Morgan fingerprint density at radius 3 is 2.76 bits per heavy atom. The van der Waals surface area contributed by atoms with Gasteiger partial charge in [0.1, 0.15) is 4.70 Å². The van der Waals surface area contributed by atoms with Crippen LogP contribution in [0.4, 0.5) is 0 Å². The number of halogens is 1. The van der Waals surface area contributed by atoms with Gasteiger partial charge in [0, 0.05) is 6.07 Å². The first-order valence-electron chi connectivity index (χ1n) is 7.32. The lowest BCUT2D eigenvalue weighted by Gasteiger charge is -2.02. The molecule has 0 spiro atoms. The number of benzene rings is 1. The second-order valence-electron chi connectivity index (χ2n) is 4.95. The molecule has 0 amide bonds. The lowest BCUT2D eigenvalue weighted by atomic mass is 10.2. The van der Waals surface area contributed by atoms with Crippen molar-refractivity contribution in [3.63, 3.8) is 0 Å². The number of fused-ring (bicyclic) bond motifs is 1. The molecule has 0 bridgehead atoms. The smallest absolute Gasteiger partial charge is 0.372 e. The molecule has 0 unspecified atom stereocenters. The van der Waals surface area contributed by atoms with Gasteiger partial charge in [-0.2, -0.15) is 4.57 Å². The second-order valence-corrected chi connectivity index (χ2v) is 5.84. The van der Waals surface area contributed by atoms with Crippen LogP contribution in [0, 0.1) is 0 Å². The van der Waals surface area contributed by atoms with Gasteiger partial charge in [0.15, 0.2) is 0 Å².